The molecule has 21 heavy (non-hydrogen) atoms. The number of carbonyl (C=O) groups excluding carboxylic acids is 1. The number of amides is 1. The first kappa shape index (κ1) is 15.3. The topological polar surface area (TPSA) is 75.6 Å². The number of carboxylic acid groups (broad SMARTS) is 1. The predicted molar refractivity (Wildman–Crippen MR) is 74.7 cm³/mol. The summed E-state index contributed by atoms with van der Waals surface area (Å²) < 4.78 is 18.5. The van der Waals surface area contributed by atoms with Crippen molar-refractivity contribution >= 4 is 17.7 Å². The average Bonchev–Trinajstić information content (AvgIpc) is 3.09. The molecule has 1 amide bonds. The maximum absolute atomic E-state index is 13.4. The third kappa shape index (κ3) is 3.93. The zero-order chi connectivity index (χ0) is 15.8. The molecule has 2 unspecified atom stereocenters. The summed E-state index contributed by atoms with van der Waals surface area (Å²) in [6.45, 7) is 5.21. The zero-order valence-electron chi connectivity index (χ0n) is 12.1. The van der Waals surface area contributed by atoms with E-state index in [9.17, 15) is 14.0 Å². The van der Waals surface area contributed by atoms with Crippen molar-refractivity contribution in [2.75, 3.05) is 5.32 Å². The lowest BCUT2D eigenvalue weighted by atomic mass is 10.1. The molecule has 2 atom stereocenters. The standard InChI is InChI=1S/C15H18FNO4/c1-15(2,3)21-14(20)17-12-5-4-8(16)6-10(12)9-7-11(9)13(18)19/h4-6,9,11H,7H2,1-3H3,(H,17,20)(H,18,19). The van der Waals surface area contributed by atoms with Gasteiger partial charge < -0.3 is 9.84 Å². The minimum absolute atomic E-state index is 0.275. The second kappa shape index (κ2) is 5.35. The minimum atomic E-state index is -0.910. The molecule has 6 heteroatoms. The molecule has 1 aromatic carbocycles. The normalized spacial score (nSPS) is 20.8. The Morgan fingerprint density at radius 3 is 2.57 bits per heavy atom. The van der Waals surface area contributed by atoms with Crippen LogP contribution in [0.25, 0.3) is 0 Å². The van der Waals surface area contributed by atoms with Crippen LogP contribution >= 0.6 is 0 Å². The molecule has 114 valence electrons. The molecule has 0 aliphatic heterocycles. The van der Waals surface area contributed by atoms with Crippen LogP contribution in [0.1, 0.15) is 38.7 Å². The monoisotopic (exact) mass is 295 g/mol. The van der Waals surface area contributed by atoms with Crippen molar-refractivity contribution in [3.63, 3.8) is 0 Å². The number of rotatable bonds is 3. The van der Waals surface area contributed by atoms with E-state index in [4.69, 9.17) is 9.84 Å². The summed E-state index contributed by atoms with van der Waals surface area (Å²) in [4.78, 5) is 22.7. The van der Waals surface area contributed by atoms with Crippen molar-refractivity contribution in [2.45, 2.75) is 38.7 Å². The SMILES string of the molecule is CC(C)(C)OC(=O)Nc1ccc(F)cc1C1CC1C(=O)O. The Hall–Kier alpha value is -2.11. The van der Waals surface area contributed by atoms with Crippen molar-refractivity contribution in [2.24, 2.45) is 5.92 Å². The number of benzene rings is 1. The molecular formula is C15H18FNO4. The third-order valence-corrected chi connectivity index (χ3v) is 3.16. The van der Waals surface area contributed by atoms with Gasteiger partial charge in [-0.05, 0) is 51.0 Å². The molecule has 0 saturated heterocycles. The molecular weight excluding hydrogens is 277 g/mol. The molecule has 2 N–H and O–H groups in total. The average molecular weight is 295 g/mol. The van der Waals surface area contributed by atoms with Crippen LogP contribution in [0.4, 0.5) is 14.9 Å². The summed E-state index contributed by atoms with van der Waals surface area (Å²) in [6, 6.07) is 3.90. The Morgan fingerprint density at radius 2 is 2.05 bits per heavy atom. The zero-order valence-corrected chi connectivity index (χ0v) is 12.1. The van der Waals surface area contributed by atoms with E-state index >= 15 is 0 Å². The van der Waals surface area contributed by atoms with Crippen molar-refractivity contribution in [3.05, 3.63) is 29.6 Å². The number of hydrogen-bond acceptors (Lipinski definition) is 3. The van der Waals surface area contributed by atoms with Gasteiger partial charge in [0.05, 0.1) is 5.92 Å². The summed E-state index contributed by atoms with van der Waals surface area (Å²) in [7, 11) is 0. The van der Waals surface area contributed by atoms with E-state index in [1.54, 1.807) is 20.8 Å². The molecule has 5 nitrogen and oxygen atoms in total. The molecule has 0 radical (unpaired) electrons. The van der Waals surface area contributed by atoms with E-state index < -0.39 is 29.4 Å². The molecule has 0 spiro atoms. The number of hydrogen-bond donors (Lipinski definition) is 2. The van der Waals surface area contributed by atoms with E-state index in [0.29, 0.717) is 17.7 Å². The Balaban J connectivity index is 2.17. The maximum Gasteiger partial charge on any atom is 0.412 e. The number of aliphatic carboxylic acids is 1. The summed E-state index contributed by atoms with van der Waals surface area (Å²) in [5.41, 5.74) is 0.237. The van der Waals surface area contributed by atoms with E-state index in [1.165, 1.54) is 18.2 Å². The van der Waals surface area contributed by atoms with Crippen LogP contribution in [-0.2, 0) is 9.53 Å². The Kier molecular flexibility index (Phi) is 3.89. The van der Waals surface area contributed by atoms with Crippen LogP contribution in [0, 0.1) is 11.7 Å². The first-order valence-electron chi connectivity index (χ1n) is 6.69. The number of ether oxygens (including phenoxy) is 1. The number of carboxylic acids is 1. The van der Waals surface area contributed by atoms with Crippen molar-refractivity contribution in [1.29, 1.82) is 0 Å². The second-order valence-electron chi connectivity index (χ2n) is 6.15. The first-order valence-corrected chi connectivity index (χ1v) is 6.69. The van der Waals surface area contributed by atoms with Gasteiger partial charge in [0.2, 0.25) is 0 Å². The molecule has 0 aromatic heterocycles. The largest absolute Gasteiger partial charge is 0.481 e. The Bertz CT molecular complexity index is 580. The minimum Gasteiger partial charge on any atom is -0.481 e. The highest BCUT2D eigenvalue weighted by Gasteiger charge is 2.45. The van der Waals surface area contributed by atoms with Crippen molar-refractivity contribution < 1.29 is 23.8 Å². The van der Waals surface area contributed by atoms with Gasteiger partial charge in [0.1, 0.15) is 11.4 Å². The number of halogens is 1. The van der Waals surface area contributed by atoms with Crippen LogP contribution in [0.2, 0.25) is 0 Å². The Labute approximate surface area is 122 Å². The molecule has 1 saturated carbocycles. The lowest BCUT2D eigenvalue weighted by molar-refractivity contribution is -0.138. The number of carbonyl (C=O) groups is 2. The summed E-state index contributed by atoms with van der Waals surface area (Å²) in [5, 5.41) is 11.5. The third-order valence-electron chi connectivity index (χ3n) is 3.16. The van der Waals surface area contributed by atoms with Crippen LogP contribution in [0.3, 0.4) is 0 Å². The van der Waals surface area contributed by atoms with Crippen LogP contribution in [0.15, 0.2) is 18.2 Å². The highest BCUT2D eigenvalue weighted by atomic mass is 19.1. The first-order chi connectivity index (χ1) is 9.67. The summed E-state index contributed by atoms with van der Waals surface area (Å²) >= 11 is 0. The lowest BCUT2D eigenvalue weighted by Gasteiger charge is -2.20. The van der Waals surface area contributed by atoms with Gasteiger partial charge in [-0.2, -0.15) is 0 Å². The fraction of sp³-hybridized carbons (Fsp3) is 0.467. The fourth-order valence-electron chi connectivity index (χ4n) is 2.18. The molecule has 0 heterocycles. The van der Waals surface area contributed by atoms with Crippen LogP contribution < -0.4 is 5.32 Å². The molecule has 1 aliphatic carbocycles. The molecule has 1 fully saturated rings. The fourth-order valence-corrected chi connectivity index (χ4v) is 2.18. The highest BCUT2D eigenvalue weighted by molar-refractivity contribution is 5.87. The van der Waals surface area contributed by atoms with Crippen LogP contribution in [-0.4, -0.2) is 22.8 Å². The maximum atomic E-state index is 13.4. The predicted octanol–water partition coefficient (Wildman–Crippen LogP) is 3.36. The number of anilines is 1. The quantitative estimate of drug-likeness (QED) is 0.896. The molecule has 0 bridgehead atoms. The summed E-state index contributed by atoms with van der Waals surface area (Å²) in [5.74, 6) is -2.17. The Morgan fingerprint density at radius 1 is 1.38 bits per heavy atom. The van der Waals surface area contributed by atoms with Gasteiger partial charge in [-0.3, -0.25) is 10.1 Å². The molecule has 1 aliphatic rings. The van der Waals surface area contributed by atoms with Gasteiger partial charge in [-0.1, -0.05) is 0 Å². The van der Waals surface area contributed by atoms with Crippen LogP contribution in [0.5, 0.6) is 0 Å². The lowest BCUT2D eigenvalue weighted by Crippen LogP contribution is -2.27. The summed E-state index contributed by atoms with van der Waals surface area (Å²) in [6.07, 6.45) is -0.204. The van der Waals surface area contributed by atoms with E-state index in [-0.39, 0.29) is 5.92 Å². The van der Waals surface area contributed by atoms with Gasteiger partial charge in [0, 0.05) is 11.6 Å². The van der Waals surface area contributed by atoms with Gasteiger partial charge in [0.15, 0.2) is 0 Å². The molecule has 1 aromatic rings. The van der Waals surface area contributed by atoms with Gasteiger partial charge in [-0.15, -0.1) is 0 Å². The van der Waals surface area contributed by atoms with Crippen molar-refractivity contribution in [3.8, 4) is 0 Å². The number of nitrogens with one attached hydrogen (secondary N) is 1. The smallest absolute Gasteiger partial charge is 0.412 e. The van der Waals surface area contributed by atoms with Gasteiger partial charge in [0.25, 0.3) is 0 Å². The highest BCUT2D eigenvalue weighted by Crippen LogP contribution is 2.50. The van der Waals surface area contributed by atoms with E-state index in [2.05, 4.69) is 5.32 Å². The van der Waals surface area contributed by atoms with E-state index in [0.717, 1.165) is 0 Å². The van der Waals surface area contributed by atoms with Gasteiger partial charge >= 0.3 is 12.1 Å². The molecule has 2 rings (SSSR count). The van der Waals surface area contributed by atoms with Gasteiger partial charge in [-0.25, -0.2) is 9.18 Å². The second-order valence-corrected chi connectivity index (χ2v) is 6.15. The van der Waals surface area contributed by atoms with Crippen molar-refractivity contribution in [1.82, 2.24) is 0 Å². The van der Waals surface area contributed by atoms with E-state index in [1.807, 2.05) is 0 Å².